The van der Waals surface area contributed by atoms with E-state index < -0.39 is 5.97 Å². The minimum atomic E-state index is -0.921. The Morgan fingerprint density at radius 1 is 0.810 bits per heavy atom. The van der Waals surface area contributed by atoms with Gasteiger partial charge < -0.3 is 9.90 Å². The molecule has 0 amide bonds. The van der Waals surface area contributed by atoms with E-state index in [1.165, 1.54) is 38.5 Å². The Morgan fingerprint density at radius 2 is 1.33 bits per heavy atom. The van der Waals surface area contributed by atoms with E-state index in [1.54, 1.807) is 0 Å². The molecule has 21 heavy (non-hydrogen) atoms. The van der Waals surface area contributed by atoms with Crippen LogP contribution in [0, 0.1) is 0 Å². The van der Waals surface area contributed by atoms with Crippen LogP contribution in [-0.4, -0.2) is 5.97 Å². The standard InChI is InChI=1S/C18H32O2.Na/c1-2-3-4-5-6-7-8-9-10-11-12-13-14-15-16-17-18(19)20;/h6-7,9-10H,2-5,8,11-17H2,1H3,(H,19,20);/q;+1/p-1/b7-6-,10-9+;. The second kappa shape index (κ2) is 19.9. The van der Waals surface area contributed by atoms with Crippen LogP contribution < -0.4 is 34.7 Å². The number of rotatable bonds is 14. The van der Waals surface area contributed by atoms with Crippen molar-refractivity contribution in [2.24, 2.45) is 0 Å². The summed E-state index contributed by atoms with van der Waals surface area (Å²) in [6.45, 7) is 2.23. The van der Waals surface area contributed by atoms with Crippen molar-refractivity contribution in [3.8, 4) is 0 Å². The molecule has 0 saturated carbocycles. The second-order valence-corrected chi connectivity index (χ2v) is 5.35. The van der Waals surface area contributed by atoms with Gasteiger partial charge in [-0.1, -0.05) is 63.3 Å². The first-order valence-corrected chi connectivity index (χ1v) is 8.27. The monoisotopic (exact) mass is 302 g/mol. The molecule has 0 spiro atoms. The van der Waals surface area contributed by atoms with E-state index in [2.05, 4.69) is 31.2 Å². The molecule has 0 aliphatic carbocycles. The van der Waals surface area contributed by atoms with Gasteiger partial charge in [-0.05, 0) is 44.9 Å². The maximum absolute atomic E-state index is 10.2. The summed E-state index contributed by atoms with van der Waals surface area (Å²) < 4.78 is 0. The Hall–Kier alpha value is -0.0500. The fourth-order valence-corrected chi connectivity index (χ4v) is 2.08. The summed E-state index contributed by atoms with van der Waals surface area (Å²) in [5, 5.41) is 10.2. The SMILES string of the molecule is CCCCC/C=C\C/C=C/CCCCCCCC(=O)[O-].[Na+]. The number of aliphatic carboxylic acids is 1. The molecule has 0 heterocycles. The Balaban J connectivity index is 0. The van der Waals surface area contributed by atoms with E-state index in [0.29, 0.717) is 0 Å². The molecule has 0 atom stereocenters. The summed E-state index contributed by atoms with van der Waals surface area (Å²) in [5.41, 5.74) is 0. The van der Waals surface area contributed by atoms with Gasteiger partial charge in [0.2, 0.25) is 0 Å². The molecule has 2 nitrogen and oxygen atoms in total. The number of carboxylic acid groups (broad SMARTS) is 1. The van der Waals surface area contributed by atoms with Crippen LogP contribution in [-0.2, 0) is 4.79 Å². The normalized spacial score (nSPS) is 11.1. The van der Waals surface area contributed by atoms with Gasteiger partial charge >= 0.3 is 29.6 Å². The van der Waals surface area contributed by atoms with E-state index in [9.17, 15) is 9.90 Å². The molecule has 0 unspecified atom stereocenters. The minimum absolute atomic E-state index is 0. The Labute approximate surface area is 153 Å². The molecule has 0 fully saturated rings. The molecule has 3 heteroatoms. The fraction of sp³-hybridized carbons (Fsp3) is 0.722. The molecule has 0 saturated heterocycles. The van der Waals surface area contributed by atoms with Gasteiger partial charge in [-0.3, -0.25) is 0 Å². The van der Waals surface area contributed by atoms with E-state index in [1.807, 2.05) is 0 Å². The summed E-state index contributed by atoms with van der Waals surface area (Å²) in [5.74, 6) is -0.921. The molecule has 0 bridgehead atoms. The molecule has 0 aromatic rings. The van der Waals surface area contributed by atoms with Crippen LogP contribution in [0.5, 0.6) is 0 Å². The van der Waals surface area contributed by atoms with Crippen molar-refractivity contribution in [2.75, 3.05) is 0 Å². The van der Waals surface area contributed by atoms with Crippen LogP contribution >= 0.6 is 0 Å². The zero-order valence-corrected chi connectivity index (χ0v) is 16.1. The Bertz CT molecular complexity index is 272. The average Bonchev–Trinajstić information content (AvgIpc) is 2.43. The van der Waals surface area contributed by atoms with Gasteiger partial charge in [-0.2, -0.15) is 0 Å². The Kier molecular flexibility index (Phi) is 22.1. The molecule has 0 aliphatic rings. The predicted molar refractivity (Wildman–Crippen MR) is 84.4 cm³/mol. The quantitative estimate of drug-likeness (QED) is 0.277. The molecule has 0 aromatic carbocycles. The molecule has 116 valence electrons. The molecule has 0 aliphatic heterocycles. The summed E-state index contributed by atoms with van der Waals surface area (Å²) in [6.07, 6.45) is 21.9. The van der Waals surface area contributed by atoms with E-state index in [0.717, 1.165) is 32.1 Å². The van der Waals surface area contributed by atoms with E-state index in [-0.39, 0.29) is 36.0 Å². The topological polar surface area (TPSA) is 40.1 Å². The smallest absolute Gasteiger partial charge is 0.550 e. The van der Waals surface area contributed by atoms with Crippen LogP contribution in [0.3, 0.4) is 0 Å². The number of carbonyl (C=O) groups is 1. The average molecular weight is 302 g/mol. The van der Waals surface area contributed by atoms with Crippen LogP contribution in [0.15, 0.2) is 24.3 Å². The van der Waals surface area contributed by atoms with Gasteiger partial charge in [0.15, 0.2) is 0 Å². The predicted octanol–water partition coefficient (Wildman–Crippen LogP) is 1.55. The van der Waals surface area contributed by atoms with E-state index in [4.69, 9.17) is 0 Å². The number of hydrogen-bond acceptors (Lipinski definition) is 2. The number of carboxylic acids is 1. The van der Waals surface area contributed by atoms with Crippen LogP contribution in [0.1, 0.15) is 84.0 Å². The molecule has 0 rings (SSSR count). The summed E-state index contributed by atoms with van der Waals surface area (Å²) in [6, 6.07) is 0. The maximum Gasteiger partial charge on any atom is 1.00 e. The van der Waals surface area contributed by atoms with Gasteiger partial charge in [0.05, 0.1) is 0 Å². The molecule has 0 radical (unpaired) electrons. The van der Waals surface area contributed by atoms with Crippen molar-refractivity contribution in [3.05, 3.63) is 24.3 Å². The van der Waals surface area contributed by atoms with Crippen LogP contribution in [0.4, 0.5) is 0 Å². The van der Waals surface area contributed by atoms with Gasteiger partial charge in [0.1, 0.15) is 0 Å². The summed E-state index contributed by atoms with van der Waals surface area (Å²) in [7, 11) is 0. The van der Waals surface area contributed by atoms with Gasteiger partial charge in [-0.25, -0.2) is 0 Å². The van der Waals surface area contributed by atoms with E-state index >= 15 is 0 Å². The maximum atomic E-state index is 10.2. The van der Waals surface area contributed by atoms with Gasteiger partial charge in [0, 0.05) is 5.97 Å². The van der Waals surface area contributed by atoms with Crippen molar-refractivity contribution < 1.29 is 39.5 Å². The largest absolute Gasteiger partial charge is 1.00 e. The van der Waals surface area contributed by atoms with Crippen molar-refractivity contribution in [1.82, 2.24) is 0 Å². The third-order valence-corrected chi connectivity index (χ3v) is 3.33. The zero-order chi connectivity index (χ0) is 14.9. The molecule has 0 N–H and O–H groups in total. The molecular formula is C18H31NaO2. The van der Waals surface area contributed by atoms with Crippen LogP contribution in [0.2, 0.25) is 0 Å². The fourth-order valence-electron chi connectivity index (χ4n) is 2.08. The number of unbranched alkanes of at least 4 members (excludes halogenated alkanes) is 8. The molecule has 0 aromatic heterocycles. The second-order valence-electron chi connectivity index (χ2n) is 5.35. The van der Waals surface area contributed by atoms with Gasteiger partial charge in [0.25, 0.3) is 0 Å². The Morgan fingerprint density at radius 3 is 1.90 bits per heavy atom. The third-order valence-electron chi connectivity index (χ3n) is 3.33. The van der Waals surface area contributed by atoms with Crippen LogP contribution in [0.25, 0.3) is 0 Å². The number of hydrogen-bond donors (Lipinski definition) is 0. The third kappa shape index (κ3) is 22.4. The first kappa shape index (κ1) is 23.2. The minimum Gasteiger partial charge on any atom is -0.550 e. The summed E-state index contributed by atoms with van der Waals surface area (Å²) in [4.78, 5) is 10.2. The van der Waals surface area contributed by atoms with Gasteiger partial charge in [-0.15, -0.1) is 0 Å². The first-order chi connectivity index (χ1) is 9.77. The van der Waals surface area contributed by atoms with Crippen molar-refractivity contribution >= 4 is 5.97 Å². The first-order valence-electron chi connectivity index (χ1n) is 8.27. The number of allylic oxidation sites excluding steroid dienone is 4. The molecular weight excluding hydrogens is 271 g/mol. The summed E-state index contributed by atoms with van der Waals surface area (Å²) >= 11 is 0. The number of carbonyl (C=O) groups excluding carboxylic acids is 1. The van der Waals surface area contributed by atoms with Crippen molar-refractivity contribution in [3.63, 3.8) is 0 Å². The zero-order valence-electron chi connectivity index (χ0n) is 14.1. The van der Waals surface area contributed by atoms with Crippen molar-refractivity contribution in [1.29, 1.82) is 0 Å². The van der Waals surface area contributed by atoms with Crippen molar-refractivity contribution in [2.45, 2.75) is 84.0 Å².